The minimum Gasteiger partial charge on any atom is -0.375 e. The Morgan fingerprint density at radius 2 is 2.44 bits per heavy atom. The molecule has 0 bridgehead atoms. The summed E-state index contributed by atoms with van der Waals surface area (Å²) in [6.07, 6.45) is 1.09. The molecule has 6 nitrogen and oxygen atoms in total. The minimum atomic E-state index is -0.0541. The van der Waals surface area contributed by atoms with Crippen molar-refractivity contribution in [2.24, 2.45) is 0 Å². The lowest BCUT2D eigenvalue weighted by Gasteiger charge is -2.16. The highest BCUT2D eigenvalue weighted by Crippen LogP contribution is 2.15. The predicted molar refractivity (Wildman–Crippen MR) is 69.0 cm³/mol. The van der Waals surface area contributed by atoms with Crippen LogP contribution in [0.5, 0.6) is 0 Å². The summed E-state index contributed by atoms with van der Waals surface area (Å²) in [4.78, 5) is 28.8. The van der Waals surface area contributed by atoms with Gasteiger partial charge in [-0.05, 0) is 6.42 Å². The molecule has 1 fully saturated rings. The van der Waals surface area contributed by atoms with Gasteiger partial charge in [0, 0.05) is 31.4 Å². The predicted octanol–water partition coefficient (Wildman–Crippen LogP) is 0.00480. The number of anilines is 1. The molecule has 1 unspecified atom stereocenters. The third-order valence-electron chi connectivity index (χ3n) is 2.85. The van der Waals surface area contributed by atoms with Gasteiger partial charge in [-0.3, -0.25) is 9.59 Å². The first-order valence-electron chi connectivity index (χ1n) is 5.79. The number of rotatable bonds is 3. The van der Waals surface area contributed by atoms with E-state index in [2.05, 4.69) is 10.3 Å². The van der Waals surface area contributed by atoms with Crippen molar-refractivity contribution in [3.05, 3.63) is 11.1 Å². The van der Waals surface area contributed by atoms with Crippen LogP contribution in [0.3, 0.4) is 0 Å². The Balaban J connectivity index is 1.85. The smallest absolute Gasteiger partial charge is 0.228 e. The molecule has 1 aliphatic heterocycles. The summed E-state index contributed by atoms with van der Waals surface area (Å²) in [6, 6.07) is 0.0759. The van der Waals surface area contributed by atoms with Gasteiger partial charge in [0.1, 0.15) is 0 Å². The average molecular weight is 268 g/mol. The molecular formula is C11H16N4O2S. The van der Waals surface area contributed by atoms with Crippen LogP contribution in [-0.4, -0.2) is 40.8 Å². The van der Waals surface area contributed by atoms with Gasteiger partial charge in [-0.2, -0.15) is 0 Å². The largest absolute Gasteiger partial charge is 0.375 e. The van der Waals surface area contributed by atoms with E-state index in [1.54, 1.807) is 10.3 Å². The molecule has 0 radical (unpaired) electrons. The molecule has 3 N–H and O–H groups in total. The molecule has 1 atom stereocenters. The number of thiazole rings is 1. The van der Waals surface area contributed by atoms with Crippen LogP contribution in [-0.2, 0) is 16.0 Å². The fourth-order valence-corrected chi connectivity index (χ4v) is 2.63. The minimum absolute atomic E-state index is 0.0353. The second kappa shape index (κ2) is 5.34. The molecule has 98 valence electrons. The summed E-state index contributed by atoms with van der Waals surface area (Å²) < 4.78 is 0. The SMILES string of the molecule is CC(=O)NC1CCN(C(=O)Cc2csc(N)n2)C1. The Kier molecular flexibility index (Phi) is 3.81. The number of aromatic nitrogens is 1. The van der Waals surface area contributed by atoms with Crippen molar-refractivity contribution >= 4 is 28.3 Å². The molecule has 0 saturated carbocycles. The molecule has 7 heteroatoms. The lowest BCUT2D eigenvalue weighted by molar-refractivity contribution is -0.129. The first kappa shape index (κ1) is 12.8. The van der Waals surface area contributed by atoms with Gasteiger partial charge in [0.2, 0.25) is 11.8 Å². The number of carbonyl (C=O) groups excluding carboxylic acids is 2. The summed E-state index contributed by atoms with van der Waals surface area (Å²) in [6.45, 7) is 2.75. The van der Waals surface area contributed by atoms with Gasteiger partial charge in [0.25, 0.3) is 0 Å². The molecule has 1 aromatic rings. The summed E-state index contributed by atoms with van der Waals surface area (Å²) >= 11 is 1.34. The zero-order chi connectivity index (χ0) is 13.1. The van der Waals surface area contributed by atoms with Crippen LogP contribution in [0.25, 0.3) is 0 Å². The third-order valence-corrected chi connectivity index (χ3v) is 3.57. The van der Waals surface area contributed by atoms with Crippen LogP contribution in [0, 0.1) is 0 Å². The Morgan fingerprint density at radius 1 is 1.67 bits per heavy atom. The lowest BCUT2D eigenvalue weighted by Crippen LogP contribution is -2.37. The maximum Gasteiger partial charge on any atom is 0.228 e. The average Bonchev–Trinajstić information content (AvgIpc) is 2.87. The van der Waals surface area contributed by atoms with Gasteiger partial charge in [-0.15, -0.1) is 11.3 Å². The molecule has 2 rings (SSSR count). The summed E-state index contributed by atoms with van der Waals surface area (Å²) in [5.41, 5.74) is 6.23. The van der Waals surface area contributed by atoms with E-state index >= 15 is 0 Å². The number of nitrogens with two attached hydrogens (primary N) is 1. The van der Waals surface area contributed by atoms with E-state index < -0.39 is 0 Å². The Morgan fingerprint density at radius 3 is 3.06 bits per heavy atom. The van der Waals surface area contributed by atoms with Gasteiger partial charge in [-0.25, -0.2) is 4.98 Å². The Hall–Kier alpha value is -1.63. The van der Waals surface area contributed by atoms with E-state index in [-0.39, 0.29) is 24.3 Å². The van der Waals surface area contributed by atoms with Crippen LogP contribution in [0.4, 0.5) is 5.13 Å². The van der Waals surface area contributed by atoms with Gasteiger partial charge >= 0.3 is 0 Å². The van der Waals surface area contributed by atoms with Crippen LogP contribution < -0.4 is 11.1 Å². The van der Waals surface area contributed by atoms with E-state index in [1.807, 2.05) is 0 Å². The van der Waals surface area contributed by atoms with E-state index in [0.29, 0.717) is 23.9 Å². The number of nitrogen functional groups attached to an aromatic ring is 1. The maximum atomic E-state index is 12.0. The van der Waals surface area contributed by atoms with Crippen molar-refractivity contribution in [3.8, 4) is 0 Å². The van der Waals surface area contributed by atoms with Crippen LogP contribution in [0.2, 0.25) is 0 Å². The lowest BCUT2D eigenvalue weighted by atomic mass is 10.2. The molecule has 0 aromatic carbocycles. The molecule has 0 aliphatic carbocycles. The molecule has 2 amide bonds. The third kappa shape index (κ3) is 3.19. The number of hydrogen-bond donors (Lipinski definition) is 2. The van der Waals surface area contributed by atoms with E-state index in [0.717, 1.165) is 6.42 Å². The van der Waals surface area contributed by atoms with Crippen LogP contribution in [0.1, 0.15) is 19.0 Å². The number of nitrogens with zero attached hydrogens (tertiary/aromatic N) is 2. The molecule has 1 aliphatic rings. The quantitative estimate of drug-likeness (QED) is 0.808. The number of likely N-dealkylation sites (tertiary alicyclic amines) is 1. The second-order valence-electron chi connectivity index (χ2n) is 4.38. The fourth-order valence-electron chi connectivity index (χ4n) is 2.06. The first-order valence-corrected chi connectivity index (χ1v) is 6.67. The molecule has 18 heavy (non-hydrogen) atoms. The van der Waals surface area contributed by atoms with Crippen LogP contribution in [0.15, 0.2) is 5.38 Å². The van der Waals surface area contributed by atoms with E-state index in [1.165, 1.54) is 18.3 Å². The zero-order valence-electron chi connectivity index (χ0n) is 10.2. The van der Waals surface area contributed by atoms with Crippen molar-refractivity contribution < 1.29 is 9.59 Å². The van der Waals surface area contributed by atoms with Crippen molar-refractivity contribution in [2.75, 3.05) is 18.8 Å². The van der Waals surface area contributed by atoms with E-state index in [4.69, 9.17) is 5.73 Å². The zero-order valence-corrected chi connectivity index (χ0v) is 11.0. The van der Waals surface area contributed by atoms with Crippen molar-refractivity contribution in [1.82, 2.24) is 15.2 Å². The van der Waals surface area contributed by atoms with E-state index in [9.17, 15) is 9.59 Å². The number of hydrogen-bond acceptors (Lipinski definition) is 5. The van der Waals surface area contributed by atoms with Crippen molar-refractivity contribution in [3.63, 3.8) is 0 Å². The van der Waals surface area contributed by atoms with Crippen molar-refractivity contribution in [1.29, 1.82) is 0 Å². The molecule has 2 heterocycles. The monoisotopic (exact) mass is 268 g/mol. The highest BCUT2D eigenvalue weighted by Gasteiger charge is 2.26. The summed E-state index contributed by atoms with van der Waals surface area (Å²) in [7, 11) is 0. The fraction of sp³-hybridized carbons (Fsp3) is 0.545. The van der Waals surface area contributed by atoms with Crippen molar-refractivity contribution in [2.45, 2.75) is 25.8 Å². The highest BCUT2D eigenvalue weighted by atomic mass is 32.1. The van der Waals surface area contributed by atoms with Gasteiger partial charge in [0.15, 0.2) is 5.13 Å². The summed E-state index contributed by atoms with van der Waals surface area (Å²) in [5, 5.41) is 5.11. The molecular weight excluding hydrogens is 252 g/mol. The Bertz CT molecular complexity index is 460. The number of carbonyl (C=O) groups is 2. The Labute approximate surface area is 109 Å². The van der Waals surface area contributed by atoms with Gasteiger partial charge in [0.05, 0.1) is 12.1 Å². The first-order chi connectivity index (χ1) is 8.54. The van der Waals surface area contributed by atoms with Gasteiger partial charge in [-0.1, -0.05) is 0 Å². The molecule has 1 saturated heterocycles. The standard InChI is InChI=1S/C11H16N4O2S/c1-7(16)13-8-2-3-15(5-8)10(17)4-9-6-18-11(12)14-9/h6,8H,2-5H2,1H3,(H2,12,14)(H,13,16). The highest BCUT2D eigenvalue weighted by molar-refractivity contribution is 7.13. The maximum absolute atomic E-state index is 12.0. The molecule has 1 aromatic heterocycles. The second-order valence-corrected chi connectivity index (χ2v) is 5.27. The molecule has 0 spiro atoms. The number of amides is 2. The van der Waals surface area contributed by atoms with Gasteiger partial charge < -0.3 is 16.0 Å². The number of nitrogens with one attached hydrogen (secondary N) is 1. The normalized spacial score (nSPS) is 18.9. The van der Waals surface area contributed by atoms with Crippen LogP contribution >= 0.6 is 11.3 Å². The topological polar surface area (TPSA) is 88.3 Å². The summed E-state index contributed by atoms with van der Waals surface area (Å²) in [5.74, 6) is -0.0188.